The van der Waals surface area contributed by atoms with Gasteiger partial charge in [-0.05, 0) is 19.8 Å². The second-order valence-electron chi connectivity index (χ2n) is 3.23. The molecule has 1 N–H and O–H groups in total. The molecule has 0 aromatic heterocycles. The Bertz CT molecular complexity index is 257. The van der Waals surface area contributed by atoms with Crippen LogP contribution in [0, 0.1) is 11.8 Å². The first-order valence-electron chi connectivity index (χ1n) is 4.73. The summed E-state index contributed by atoms with van der Waals surface area (Å²) in [5.74, 6) is -2.59. The molecule has 78 valence electrons. The lowest BCUT2D eigenvalue weighted by molar-refractivity contribution is -0.156. The van der Waals surface area contributed by atoms with Gasteiger partial charge in [0.25, 0.3) is 0 Å². The van der Waals surface area contributed by atoms with Gasteiger partial charge in [-0.25, -0.2) is 0 Å². The van der Waals surface area contributed by atoms with E-state index in [4.69, 9.17) is 9.84 Å². The highest BCUT2D eigenvalue weighted by molar-refractivity contribution is 5.82. The summed E-state index contributed by atoms with van der Waals surface area (Å²) in [6.07, 6.45) is 4.68. The topological polar surface area (TPSA) is 63.6 Å². The fourth-order valence-corrected chi connectivity index (χ4v) is 1.60. The van der Waals surface area contributed by atoms with Crippen LogP contribution in [0.25, 0.3) is 0 Å². The summed E-state index contributed by atoms with van der Waals surface area (Å²) in [6, 6.07) is 0. The predicted molar refractivity (Wildman–Crippen MR) is 49.6 cm³/mol. The van der Waals surface area contributed by atoms with Crippen LogP contribution in [-0.4, -0.2) is 23.7 Å². The Morgan fingerprint density at radius 3 is 2.86 bits per heavy atom. The third kappa shape index (κ3) is 2.34. The van der Waals surface area contributed by atoms with Gasteiger partial charge in [0.1, 0.15) is 0 Å². The first kappa shape index (κ1) is 10.8. The lowest BCUT2D eigenvalue weighted by Gasteiger charge is -2.22. The quantitative estimate of drug-likeness (QED) is 0.547. The lowest BCUT2D eigenvalue weighted by Crippen LogP contribution is -2.31. The Morgan fingerprint density at radius 1 is 1.57 bits per heavy atom. The van der Waals surface area contributed by atoms with Crippen molar-refractivity contribution in [3.63, 3.8) is 0 Å². The Kier molecular flexibility index (Phi) is 3.68. The monoisotopic (exact) mass is 198 g/mol. The van der Waals surface area contributed by atoms with Crippen molar-refractivity contribution >= 4 is 11.9 Å². The number of carbonyl (C=O) groups excluding carboxylic acids is 1. The molecule has 0 aromatic rings. The first-order valence-corrected chi connectivity index (χ1v) is 4.73. The van der Waals surface area contributed by atoms with E-state index in [1.165, 1.54) is 0 Å². The van der Waals surface area contributed by atoms with Crippen molar-refractivity contribution in [1.29, 1.82) is 0 Å². The molecule has 1 aliphatic carbocycles. The number of carboxylic acid groups (broad SMARTS) is 1. The van der Waals surface area contributed by atoms with Crippen molar-refractivity contribution in [3.05, 3.63) is 12.2 Å². The highest BCUT2D eigenvalue weighted by Crippen LogP contribution is 2.26. The van der Waals surface area contributed by atoms with Gasteiger partial charge in [-0.2, -0.15) is 0 Å². The fraction of sp³-hybridized carbons (Fsp3) is 0.600. The number of allylic oxidation sites excluding steroid dienone is 1. The molecule has 0 fully saturated rings. The Hall–Kier alpha value is -1.32. The molecule has 1 aliphatic rings. The van der Waals surface area contributed by atoms with Crippen molar-refractivity contribution in [2.24, 2.45) is 11.8 Å². The number of rotatable bonds is 3. The first-order chi connectivity index (χ1) is 6.66. The van der Waals surface area contributed by atoms with Crippen molar-refractivity contribution in [1.82, 2.24) is 0 Å². The molecule has 2 atom stereocenters. The van der Waals surface area contributed by atoms with Gasteiger partial charge in [0.05, 0.1) is 18.4 Å². The summed E-state index contributed by atoms with van der Waals surface area (Å²) < 4.78 is 4.83. The standard InChI is InChI=1S/C10H14O4/c1-2-14-10(13)8-6-4-3-5-7(8)9(11)12/h3,5,7-8H,2,4,6H2,1H3,(H,11,12)/t7-,8+/m0/s1. The number of carbonyl (C=O) groups is 2. The second kappa shape index (κ2) is 4.79. The van der Waals surface area contributed by atoms with Gasteiger partial charge in [0, 0.05) is 0 Å². The van der Waals surface area contributed by atoms with Crippen LogP contribution in [-0.2, 0) is 14.3 Å². The molecule has 1 rings (SSSR count). The molecular weight excluding hydrogens is 184 g/mol. The maximum Gasteiger partial charge on any atom is 0.311 e. The highest BCUT2D eigenvalue weighted by Gasteiger charge is 2.34. The normalized spacial score (nSPS) is 25.8. The number of esters is 1. The van der Waals surface area contributed by atoms with E-state index in [-0.39, 0.29) is 0 Å². The van der Waals surface area contributed by atoms with Crippen LogP contribution in [0.5, 0.6) is 0 Å². The number of ether oxygens (including phenoxy) is 1. The van der Waals surface area contributed by atoms with E-state index in [0.717, 1.165) is 6.42 Å². The van der Waals surface area contributed by atoms with Crippen molar-refractivity contribution < 1.29 is 19.4 Å². The van der Waals surface area contributed by atoms with Gasteiger partial charge >= 0.3 is 11.9 Å². The smallest absolute Gasteiger partial charge is 0.311 e. The minimum absolute atomic E-state index is 0.297. The Labute approximate surface area is 82.6 Å². The van der Waals surface area contributed by atoms with Gasteiger partial charge in [-0.3, -0.25) is 9.59 Å². The average molecular weight is 198 g/mol. The average Bonchev–Trinajstić information content (AvgIpc) is 2.18. The zero-order valence-electron chi connectivity index (χ0n) is 8.10. The van der Waals surface area contributed by atoms with E-state index < -0.39 is 23.8 Å². The van der Waals surface area contributed by atoms with E-state index in [1.54, 1.807) is 19.1 Å². The summed E-state index contributed by atoms with van der Waals surface area (Å²) in [5, 5.41) is 8.87. The van der Waals surface area contributed by atoms with E-state index >= 15 is 0 Å². The van der Waals surface area contributed by atoms with Crippen LogP contribution in [0.3, 0.4) is 0 Å². The van der Waals surface area contributed by atoms with Gasteiger partial charge in [0.2, 0.25) is 0 Å². The number of hydrogen-bond acceptors (Lipinski definition) is 3. The number of aliphatic carboxylic acids is 1. The molecule has 4 nitrogen and oxygen atoms in total. The highest BCUT2D eigenvalue weighted by atomic mass is 16.5. The van der Waals surface area contributed by atoms with Crippen LogP contribution >= 0.6 is 0 Å². The van der Waals surface area contributed by atoms with Gasteiger partial charge in [-0.1, -0.05) is 12.2 Å². The summed E-state index contributed by atoms with van der Waals surface area (Å²) in [7, 11) is 0. The predicted octanol–water partition coefficient (Wildman–Crippen LogP) is 1.22. The third-order valence-corrected chi connectivity index (χ3v) is 2.30. The molecule has 0 aromatic carbocycles. The van der Waals surface area contributed by atoms with E-state index in [0.29, 0.717) is 13.0 Å². The van der Waals surface area contributed by atoms with Crippen molar-refractivity contribution in [2.45, 2.75) is 19.8 Å². The molecule has 14 heavy (non-hydrogen) atoms. The van der Waals surface area contributed by atoms with E-state index in [1.807, 2.05) is 0 Å². The van der Waals surface area contributed by atoms with Gasteiger partial charge in [0.15, 0.2) is 0 Å². The van der Waals surface area contributed by atoms with E-state index in [9.17, 15) is 9.59 Å². The molecule has 0 heterocycles. The molecule has 0 aliphatic heterocycles. The molecule has 0 bridgehead atoms. The summed E-state index contributed by atoms with van der Waals surface area (Å²) in [6.45, 7) is 2.01. The zero-order chi connectivity index (χ0) is 10.6. The van der Waals surface area contributed by atoms with Crippen LogP contribution in [0.4, 0.5) is 0 Å². The number of carboxylic acids is 1. The Balaban J connectivity index is 2.70. The van der Waals surface area contributed by atoms with Crippen molar-refractivity contribution in [3.8, 4) is 0 Å². The van der Waals surface area contributed by atoms with E-state index in [2.05, 4.69) is 0 Å². The van der Waals surface area contributed by atoms with Crippen molar-refractivity contribution in [2.75, 3.05) is 6.61 Å². The van der Waals surface area contributed by atoms with Crippen LogP contribution in [0.1, 0.15) is 19.8 Å². The Morgan fingerprint density at radius 2 is 2.29 bits per heavy atom. The van der Waals surface area contributed by atoms with Crippen LogP contribution in [0.15, 0.2) is 12.2 Å². The lowest BCUT2D eigenvalue weighted by atomic mass is 9.84. The third-order valence-electron chi connectivity index (χ3n) is 2.30. The molecule has 0 saturated heterocycles. The zero-order valence-corrected chi connectivity index (χ0v) is 8.10. The minimum Gasteiger partial charge on any atom is -0.481 e. The largest absolute Gasteiger partial charge is 0.481 e. The molecule has 0 radical (unpaired) electrons. The van der Waals surface area contributed by atoms with Gasteiger partial charge in [-0.15, -0.1) is 0 Å². The van der Waals surface area contributed by atoms with Gasteiger partial charge < -0.3 is 9.84 Å². The molecule has 0 spiro atoms. The summed E-state index contributed by atoms with van der Waals surface area (Å²) in [5.41, 5.74) is 0. The molecule has 0 unspecified atom stereocenters. The summed E-state index contributed by atoms with van der Waals surface area (Å²) >= 11 is 0. The molecular formula is C10H14O4. The SMILES string of the molecule is CCOC(=O)[C@@H]1CCC=C[C@@H]1C(=O)O. The minimum atomic E-state index is -0.959. The molecule has 4 heteroatoms. The maximum absolute atomic E-state index is 11.4. The second-order valence-corrected chi connectivity index (χ2v) is 3.23. The van der Waals surface area contributed by atoms with Crippen LogP contribution < -0.4 is 0 Å². The molecule has 0 saturated carbocycles. The number of hydrogen-bond donors (Lipinski definition) is 1. The summed E-state index contributed by atoms with van der Waals surface area (Å²) in [4.78, 5) is 22.2. The maximum atomic E-state index is 11.4. The molecule has 0 amide bonds. The fourth-order valence-electron chi connectivity index (χ4n) is 1.60. The van der Waals surface area contributed by atoms with Crippen LogP contribution in [0.2, 0.25) is 0 Å².